The summed E-state index contributed by atoms with van der Waals surface area (Å²) >= 11 is 7.55. The van der Waals surface area contributed by atoms with Gasteiger partial charge in [-0.2, -0.15) is 0 Å². The summed E-state index contributed by atoms with van der Waals surface area (Å²) in [6, 6.07) is 15.6. The second-order valence-electron chi connectivity index (χ2n) is 6.79. The fourth-order valence-corrected chi connectivity index (χ4v) is 3.36. The van der Waals surface area contributed by atoms with E-state index in [-0.39, 0.29) is 12.0 Å². The minimum absolute atomic E-state index is 0.0488. The van der Waals surface area contributed by atoms with Gasteiger partial charge in [0, 0.05) is 28.7 Å². The molecule has 7 N–H and O–H groups in total. The molecule has 0 saturated heterocycles. The molecule has 1 atom stereocenters. The Labute approximate surface area is 201 Å². The van der Waals surface area contributed by atoms with Crippen molar-refractivity contribution in [3.05, 3.63) is 89.2 Å². The lowest BCUT2D eigenvalue weighted by Crippen LogP contribution is -2.32. The third kappa shape index (κ3) is 11.1. The molecule has 0 aliphatic carbocycles. The second kappa shape index (κ2) is 15.2. The predicted octanol–water partition coefficient (Wildman–Crippen LogP) is 4.80. The topological polar surface area (TPSA) is 100 Å². The Balaban J connectivity index is 0.00000249. The highest BCUT2D eigenvalue weighted by Gasteiger charge is 2.06. The fourth-order valence-electron chi connectivity index (χ4n) is 2.40. The van der Waals surface area contributed by atoms with Gasteiger partial charge in [-0.15, -0.1) is 0 Å². The zero-order valence-electron chi connectivity index (χ0n) is 19.1. The zero-order chi connectivity index (χ0) is 23.9. The highest BCUT2D eigenvalue weighted by molar-refractivity contribution is 7.96. The number of halogens is 1. The second-order valence-corrected chi connectivity index (χ2v) is 8.04. The Morgan fingerprint density at radius 1 is 1.00 bits per heavy atom. The van der Waals surface area contributed by atoms with Gasteiger partial charge in [-0.1, -0.05) is 74.8 Å². The Bertz CT molecular complexity index is 861. The first-order valence-corrected chi connectivity index (χ1v) is 11.8. The molecule has 2 aromatic carbocycles. The van der Waals surface area contributed by atoms with Crippen molar-refractivity contribution in [1.29, 1.82) is 0 Å². The monoisotopic (exact) mass is 474 g/mol. The van der Waals surface area contributed by atoms with E-state index in [1.807, 2.05) is 62.4 Å². The smallest absolute Gasteiger partial charge is 0.191 e. The van der Waals surface area contributed by atoms with E-state index in [9.17, 15) is 0 Å². The van der Waals surface area contributed by atoms with Gasteiger partial charge in [-0.25, -0.2) is 4.99 Å². The number of rotatable bonds is 12. The van der Waals surface area contributed by atoms with Crippen LogP contribution in [0, 0.1) is 0 Å². The molecule has 2 rings (SSSR count). The number of hydrogen-bond donors (Lipinski definition) is 5. The molecule has 0 spiro atoms. The SMILES string of the molecule is C=C(CNC(=C)C(C)NSCc1ccc(Cl)cc1)NCc1ccc(N=C(N)N)cc1.CC. The van der Waals surface area contributed by atoms with Crippen LogP contribution in [0.5, 0.6) is 0 Å². The van der Waals surface area contributed by atoms with Crippen LogP contribution in [0.15, 0.2) is 78.1 Å². The summed E-state index contributed by atoms with van der Waals surface area (Å²) < 4.78 is 3.39. The highest BCUT2D eigenvalue weighted by atomic mass is 35.5. The zero-order valence-corrected chi connectivity index (χ0v) is 20.7. The molecule has 0 aliphatic rings. The van der Waals surface area contributed by atoms with Crippen LogP contribution in [0.3, 0.4) is 0 Å². The quantitative estimate of drug-likeness (QED) is 0.172. The van der Waals surface area contributed by atoms with E-state index >= 15 is 0 Å². The van der Waals surface area contributed by atoms with Gasteiger partial charge in [0.25, 0.3) is 0 Å². The third-order valence-corrected chi connectivity index (χ3v) is 5.45. The Hall–Kier alpha value is -2.61. The van der Waals surface area contributed by atoms with E-state index in [1.54, 1.807) is 11.9 Å². The van der Waals surface area contributed by atoms with Crippen molar-refractivity contribution in [3.8, 4) is 0 Å². The first kappa shape index (κ1) is 27.4. The molecule has 0 aliphatic heterocycles. The van der Waals surface area contributed by atoms with Crippen molar-refractivity contribution >= 4 is 35.2 Å². The van der Waals surface area contributed by atoms with Crippen LogP contribution in [-0.2, 0) is 12.3 Å². The average Bonchev–Trinajstić information content (AvgIpc) is 2.79. The third-order valence-electron chi connectivity index (χ3n) is 4.20. The summed E-state index contributed by atoms with van der Waals surface area (Å²) in [6.07, 6.45) is 0. The van der Waals surface area contributed by atoms with Crippen LogP contribution < -0.4 is 26.8 Å². The van der Waals surface area contributed by atoms with Crippen molar-refractivity contribution in [2.24, 2.45) is 16.5 Å². The number of nitrogens with two attached hydrogens (primary N) is 2. The highest BCUT2D eigenvalue weighted by Crippen LogP contribution is 2.15. The number of hydrogen-bond acceptors (Lipinski definition) is 5. The van der Waals surface area contributed by atoms with Crippen LogP contribution in [-0.4, -0.2) is 18.5 Å². The molecule has 0 fully saturated rings. The first-order chi connectivity index (χ1) is 15.3. The standard InChI is InChI=1S/C22H29ClN6S.C2H6/c1-15(26-13-18-6-10-21(11-7-18)28-22(24)25)12-27-16(2)17(3)29-30-14-19-4-8-20(23)9-5-19;1-2/h4-11,17,26-27,29H,1-2,12-14H2,3H3,(H4,24,25,28);1-2H3. The molecule has 2 aromatic rings. The van der Waals surface area contributed by atoms with E-state index < -0.39 is 0 Å². The van der Waals surface area contributed by atoms with E-state index in [1.165, 1.54) is 5.56 Å². The van der Waals surface area contributed by atoms with Gasteiger partial charge >= 0.3 is 0 Å². The molecule has 0 aromatic heterocycles. The van der Waals surface area contributed by atoms with Crippen molar-refractivity contribution in [2.75, 3.05) is 6.54 Å². The summed E-state index contributed by atoms with van der Waals surface area (Å²) in [5.41, 5.74) is 15.6. The van der Waals surface area contributed by atoms with Gasteiger partial charge in [0.05, 0.1) is 18.3 Å². The summed E-state index contributed by atoms with van der Waals surface area (Å²) in [5, 5.41) is 7.36. The van der Waals surface area contributed by atoms with Gasteiger partial charge in [-0.05, 0) is 42.3 Å². The molecule has 0 heterocycles. The van der Waals surface area contributed by atoms with Crippen LogP contribution in [0.4, 0.5) is 5.69 Å². The summed E-state index contributed by atoms with van der Waals surface area (Å²) in [4.78, 5) is 4.00. The molecule has 0 radical (unpaired) electrons. The normalized spacial score (nSPS) is 10.9. The van der Waals surface area contributed by atoms with Crippen LogP contribution >= 0.6 is 23.5 Å². The molecule has 1 unspecified atom stereocenters. The minimum atomic E-state index is 0.0488. The molecular weight excluding hydrogens is 440 g/mol. The molecule has 32 heavy (non-hydrogen) atoms. The van der Waals surface area contributed by atoms with Gasteiger partial charge in [0.15, 0.2) is 5.96 Å². The number of guanidine groups is 1. The molecule has 0 bridgehead atoms. The van der Waals surface area contributed by atoms with Crippen molar-refractivity contribution < 1.29 is 0 Å². The number of aliphatic imine (C=N–C) groups is 1. The summed E-state index contributed by atoms with van der Waals surface area (Å²) in [5.74, 6) is 0.901. The Morgan fingerprint density at radius 3 is 2.19 bits per heavy atom. The molecule has 0 amide bonds. The predicted molar refractivity (Wildman–Crippen MR) is 142 cm³/mol. The van der Waals surface area contributed by atoms with Crippen LogP contribution in [0.1, 0.15) is 31.9 Å². The lowest BCUT2D eigenvalue weighted by atomic mass is 10.2. The number of nitrogens with zero attached hydrogens (tertiary/aromatic N) is 1. The maximum absolute atomic E-state index is 5.91. The van der Waals surface area contributed by atoms with Gasteiger partial charge in [0.2, 0.25) is 0 Å². The Kier molecular flexibility index (Phi) is 13.1. The fraction of sp³-hybridized carbons (Fsp3) is 0.292. The van der Waals surface area contributed by atoms with Gasteiger partial charge in [0.1, 0.15) is 0 Å². The lowest BCUT2D eigenvalue weighted by Gasteiger charge is -2.19. The number of benzene rings is 2. The maximum atomic E-state index is 5.91. The van der Waals surface area contributed by atoms with Crippen molar-refractivity contribution in [3.63, 3.8) is 0 Å². The molecule has 8 heteroatoms. The maximum Gasteiger partial charge on any atom is 0.191 e. The largest absolute Gasteiger partial charge is 0.383 e. The van der Waals surface area contributed by atoms with Gasteiger partial charge < -0.3 is 22.1 Å². The molecule has 174 valence electrons. The summed E-state index contributed by atoms with van der Waals surface area (Å²) in [6.45, 7) is 15.5. The van der Waals surface area contributed by atoms with Gasteiger partial charge in [-0.3, -0.25) is 4.72 Å². The summed E-state index contributed by atoms with van der Waals surface area (Å²) in [7, 11) is 0. The van der Waals surface area contributed by atoms with E-state index in [2.05, 4.69) is 40.4 Å². The molecular formula is C24H35ClN6S. The van der Waals surface area contributed by atoms with Crippen LogP contribution in [0.2, 0.25) is 5.02 Å². The number of nitrogens with one attached hydrogen (secondary N) is 3. The minimum Gasteiger partial charge on any atom is -0.383 e. The average molecular weight is 475 g/mol. The van der Waals surface area contributed by atoms with E-state index in [4.69, 9.17) is 23.1 Å². The van der Waals surface area contributed by atoms with Crippen molar-refractivity contribution in [2.45, 2.75) is 39.1 Å². The van der Waals surface area contributed by atoms with Crippen molar-refractivity contribution in [1.82, 2.24) is 15.4 Å². The molecule has 6 nitrogen and oxygen atoms in total. The van der Waals surface area contributed by atoms with E-state index in [0.717, 1.165) is 33.4 Å². The Morgan fingerprint density at radius 2 is 1.59 bits per heavy atom. The first-order valence-electron chi connectivity index (χ1n) is 10.5. The lowest BCUT2D eigenvalue weighted by molar-refractivity contribution is 0.678. The molecule has 0 saturated carbocycles. The van der Waals surface area contributed by atoms with E-state index in [0.29, 0.717) is 13.1 Å². The van der Waals surface area contributed by atoms with Crippen LogP contribution in [0.25, 0.3) is 0 Å².